The van der Waals surface area contributed by atoms with Gasteiger partial charge in [-0.15, -0.1) is 10.2 Å². The van der Waals surface area contributed by atoms with Gasteiger partial charge < -0.3 is 14.5 Å². The third kappa shape index (κ3) is 5.73. The Balaban J connectivity index is 1.65. The molecule has 3 aromatic rings. The highest BCUT2D eigenvalue weighted by Gasteiger charge is 2.18. The van der Waals surface area contributed by atoms with Crippen molar-refractivity contribution in [3.8, 4) is 5.75 Å². The van der Waals surface area contributed by atoms with E-state index >= 15 is 0 Å². The van der Waals surface area contributed by atoms with Crippen molar-refractivity contribution in [2.75, 3.05) is 5.32 Å². The first-order chi connectivity index (χ1) is 14.7. The minimum Gasteiger partial charge on any atom is -0.464 e. The second-order valence-corrected chi connectivity index (χ2v) is 8.27. The van der Waals surface area contributed by atoms with E-state index in [0.29, 0.717) is 20.8 Å². The summed E-state index contributed by atoms with van der Waals surface area (Å²) in [6.07, 6.45) is 1.00. The molecule has 0 saturated carbocycles. The summed E-state index contributed by atoms with van der Waals surface area (Å²) >= 11 is 2.41. The van der Waals surface area contributed by atoms with Crippen molar-refractivity contribution < 1.29 is 23.7 Å². The molecule has 0 atom stereocenters. The molecule has 0 saturated heterocycles. The van der Waals surface area contributed by atoms with Gasteiger partial charge in [0, 0.05) is 24.6 Å². The molecule has 0 aliphatic rings. The molecule has 0 radical (unpaired) electrons. The molecule has 13 heteroatoms. The molecule has 3 rings (SSSR count). The van der Waals surface area contributed by atoms with Crippen LogP contribution in [-0.4, -0.2) is 27.0 Å². The minimum absolute atomic E-state index is 0.0671. The number of carbonyl (C=O) groups is 2. The Morgan fingerprint density at radius 3 is 2.77 bits per heavy atom. The monoisotopic (exact) mass is 462 g/mol. The molecular formula is C18H14N4O7S2. The maximum atomic E-state index is 12.3. The number of anilines is 1. The number of rotatable bonds is 7. The number of nitro groups is 1. The van der Waals surface area contributed by atoms with Gasteiger partial charge in [-0.05, 0) is 13.0 Å². The van der Waals surface area contributed by atoms with Crippen molar-refractivity contribution >= 4 is 45.8 Å². The van der Waals surface area contributed by atoms with E-state index in [0.717, 1.165) is 12.3 Å². The van der Waals surface area contributed by atoms with Gasteiger partial charge in [-0.1, -0.05) is 29.2 Å². The third-order valence-electron chi connectivity index (χ3n) is 3.72. The van der Waals surface area contributed by atoms with Gasteiger partial charge in [-0.3, -0.25) is 19.7 Å². The van der Waals surface area contributed by atoms with E-state index in [1.165, 1.54) is 48.2 Å². The van der Waals surface area contributed by atoms with Crippen LogP contribution in [0.2, 0.25) is 0 Å². The van der Waals surface area contributed by atoms with Crippen molar-refractivity contribution in [3.63, 3.8) is 0 Å². The second-order valence-electron chi connectivity index (χ2n) is 6.07. The van der Waals surface area contributed by atoms with Gasteiger partial charge in [0.25, 0.3) is 5.69 Å². The molecule has 1 amide bonds. The largest absolute Gasteiger partial charge is 0.464 e. The molecule has 0 aliphatic carbocycles. The average molecular weight is 462 g/mol. The molecular weight excluding hydrogens is 448 g/mol. The van der Waals surface area contributed by atoms with Crippen LogP contribution in [0, 0.1) is 17.0 Å². The van der Waals surface area contributed by atoms with E-state index in [1.54, 1.807) is 6.92 Å². The SMILES string of the molecule is CC(=O)Nc1nnc(SCc2cc(=O)c(OC(=O)c3ccc(C)c([N+](=O)[O-])c3)co2)s1. The summed E-state index contributed by atoms with van der Waals surface area (Å²) in [5.74, 6) is -0.966. The molecule has 0 aliphatic heterocycles. The first-order valence-corrected chi connectivity index (χ1v) is 10.4. The van der Waals surface area contributed by atoms with Gasteiger partial charge >= 0.3 is 5.97 Å². The molecule has 0 spiro atoms. The van der Waals surface area contributed by atoms with Crippen LogP contribution in [0.5, 0.6) is 5.75 Å². The van der Waals surface area contributed by atoms with Crippen LogP contribution in [0.15, 0.2) is 44.1 Å². The predicted molar refractivity (Wildman–Crippen MR) is 112 cm³/mol. The van der Waals surface area contributed by atoms with Gasteiger partial charge in [-0.2, -0.15) is 0 Å². The average Bonchev–Trinajstić information content (AvgIpc) is 3.14. The number of aryl methyl sites for hydroxylation is 1. The number of benzene rings is 1. The van der Waals surface area contributed by atoms with E-state index in [4.69, 9.17) is 9.15 Å². The van der Waals surface area contributed by atoms with E-state index in [9.17, 15) is 24.5 Å². The van der Waals surface area contributed by atoms with E-state index in [-0.39, 0.29) is 28.7 Å². The third-order valence-corrected chi connectivity index (χ3v) is 5.72. The van der Waals surface area contributed by atoms with Crippen LogP contribution in [-0.2, 0) is 10.5 Å². The van der Waals surface area contributed by atoms with Gasteiger partial charge in [0.05, 0.1) is 16.2 Å². The Bertz CT molecular complexity index is 1220. The van der Waals surface area contributed by atoms with Gasteiger partial charge in [0.1, 0.15) is 12.0 Å². The Morgan fingerprint density at radius 1 is 1.32 bits per heavy atom. The number of aromatic nitrogens is 2. The lowest BCUT2D eigenvalue weighted by Crippen LogP contribution is -2.15. The van der Waals surface area contributed by atoms with Crippen molar-refractivity contribution in [1.29, 1.82) is 0 Å². The highest BCUT2D eigenvalue weighted by molar-refractivity contribution is 8.00. The maximum absolute atomic E-state index is 12.3. The van der Waals surface area contributed by atoms with Crippen LogP contribution in [0.4, 0.5) is 10.8 Å². The highest BCUT2D eigenvalue weighted by atomic mass is 32.2. The quantitative estimate of drug-likeness (QED) is 0.182. The molecule has 11 nitrogen and oxygen atoms in total. The number of thioether (sulfide) groups is 1. The van der Waals surface area contributed by atoms with Crippen molar-refractivity contribution in [3.05, 3.63) is 67.8 Å². The highest BCUT2D eigenvalue weighted by Crippen LogP contribution is 2.28. The number of esters is 1. The molecule has 1 aromatic carbocycles. The first-order valence-electron chi connectivity index (χ1n) is 8.56. The number of nitro benzene ring substituents is 1. The van der Waals surface area contributed by atoms with Crippen molar-refractivity contribution in [2.24, 2.45) is 0 Å². The fraction of sp³-hybridized carbons (Fsp3) is 0.167. The summed E-state index contributed by atoms with van der Waals surface area (Å²) in [5.41, 5.74) is -0.495. The number of hydrogen-bond acceptors (Lipinski definition) is 11. The number of nitrogens with one attached hydrogen (secondary N) is 1. The zero-order chi connectivity index (χ0) is 22.5. The fourth-order valence-corrected chi connectivity index (χ4v) is 3.97. The Labute approximate surface area is 182 Å². The van der Waals surface area contributed by atoms with Crippen molar-refractivity contribution in [1.82, 2.24) is 10.2 Å². The smallest absolute Gasteiger partial charge is 0.344 e. The Kier molecular flexibility index (Phi) is 6.77. The summed E-state index contributed by atoms with van der Waals surface area (Å²) < 4.78 is 10.9. The molecule has 160 valence electrons. The number of hydrogen-bond donors (Lipinski definition) is 1. The van der Waals surface area contributed by atoms with Crippen LogP contribution >= 0.6 is 23.1 Å². The number of nitrogens with zero attached hydrogens (tertiary/aromatic N) is 3. The van der Waals surface area contributed by atoms with Gasteiger partial charge in [0.15, 0.2) is 4.34 Å². The molecule has 0 bridgehead atoms. The molecule has 1 N–H and O–H groups in total. The van der Waals surface area contributed by atoms with E-state index < -0.39 is 16.3 Å². The lowest BCUT2D eigenvalue weighted by Gasteiger charge is -2.05. The Morgan fingerprint density at radius 2 is 2.10 bits per heavy atom. The molecule has 0 fully saturated rings. The van der Waals surface area contributed by atoms with Gasteiger partial charge in [-0.25, -0.2) is 4.79 Å². The number of carbonyl (C=O) groups excluding carboxylic acids is 2. The predicted octanol–water partition coefficient (Wildman–Crippen LogP) is 3.18. The van der Waals surface area contributed by atoms with Crippen LogP contribution in [0.25, 0.3) is 0 Å². The molecule has 2 heterocycles. The van der Waals surface area contributed by atoms with Gasteiger partial charge in [0.2, 0.25) is 22.2 Å². The summed E-state index contributed by atoms with van der Waals surface area (Å²) in [6, 6.07) is 5.04. The summed E-state index contributed by atoms with van der Waals surface area (Å²) in [6.45, 7) is 2.90. The van der Waals surface area contributed by atoms with E-state index in [2.05, 4.69) is 15.5 Å². The maximum Gasteiger partial charge on any atom is 0.344 e. The summed E-state index contributed by atoms with van der Waals surface area (Å²) in [5, 5.41) is 21.6. The first kappa shape index (κ1) is 22.1. The lowest BCUT2D eigenvalue weighted by atomic mass is 10.1. The topological polar surface area (TPSA) is 155 Å². The minimum atomic E-state index is -0.920. The van der Waals surface area contributed by atoms with Crippen LogP contribution in [0.3, 0.4) is 0 Å². The zero-order valence-electron chi connectivity index (χ0n) is 16.1. The van der Waals surface area contributed by atoms with Crippen LogP contribution < -0.4 is 15.5 Å². The molecule has 31 heavy (non-hydrogen) atoms. The molecule has 2 aromatic heterocycles. The standard InChI is InChI=1S/C18H14N4O7S2/c1-9-3-4-11(5-13(9)22(26)27)16(25)29-15-7-28-12(6-14(15)24)8-30-18-21-20-17(31-18)19-10(2)23/h3-7H,8H2,1-2H3,(H,19,20,23). The number of ether oxygens (including phenoxy) is 1. The normalized spacial score (nSPS) is 10.5. The van der Waals surface area contributed by atoms with Crippen molar-refractivity contribution in [2.45, 2.75) is 23.9 Å². The van der Waals surface area contributed by atoms with Crippen LogP contribution in [0.1, 0.15) is 28.6 Å². The number of amides is 1. The summed E-state index contributed by atoms with van der Waals surface area (Å²) in [7, 11) is 0. The molecule has 0 unspecified atom stereocenters. The second kappa shape index (κ2) is 9.49. The summed E-state index contributed by atoms with van der Waals surface area (Å²) in [4.78, 5) is 45.9. The zero-order valence-corrected chi connectivity index (χ0v) is 17.7. The van der Waals surface area contributed by atoms with E-state index in [1.807, 2.05) is 0 Å². The lowest BCUT2D eigenvalue weighted by molar-refractivity contribution is -0.385. The Hall–Kier alpha value is -3.58. The fourth-order valence-electron chi connectivity index (χ4n) is 2.28.